The van der Waals surface area contributed by atoms with Gasteiger partial charge in [0.25, 0.3) is 0 Å². The molecule has 2 aliphatic heterocycles. The molecule has 4 rings (SSSR count). The highest BCUT2D eigenvalue weighted by atomic mass is 16.7. The Kier molecular flexibility index (Phi) is 10.4. The number of para-hydroxylation sites is 1. The summed E-state index contributed by atoms with van der Waals surface area (Å²) in [5, 5.41) is 45.0. The van der Waals surface area contributed by atoms with Crippen molar-refractivity contribution in [1.82, 2.24) is 4.90 Å². The number of fused-ring (bicyclic) bond motifs is 1. The molecule has 2 aliphatic rings. The zero-order valence-corrected chi connectivity index (χ0v) is 22.9. The second-order valence-electron chi connectivity index (χ2n) is 9.73. The summed E-state index contributed by atoms with van der Waals surface area (Å²) in [5.41, 5.74) is -1.65. The van der Waals surface area contributed by atoms with Crippen LogP contribution < -0.4 is 18.9 Å². The Labute approximate surface area is 236 Å². The molecule has 2 aromatic rings. The van der Waals surface area contributed by atoms with Crippen molar-refractivity contribution in [2.45, 2.75) is 50.4 Å². The molecule has 1 saturated heterocycles. The second-order valence-corrected chi connectivity index (χ2v) is 9.73. The lowest BCUT2D eigenvalue weighted by molar-refractivity contribution is -0.170. The van der Waals surface area contributed by atoms with Crippen LogP contribution in [0.4, 0.5) is 0 Å². The fourth-order valence-electron chi connectivity index (χ4n) is 4.71. The summed E-state index contributed by atoms with van der Waals surface area (Å²) in [5.74, 6) is -1.95. The van der Waals surface area contributed by atoms with Gasteiger partial charge in [0, 0.05) is 36.8 Å². The van der Waals surface area contributed by atoms with Crippen LogP contribution in [0.1, 0.15) is 43.7 Å². The molecule has 13 heteroatoms. The van der Waals surface area contributed by atoms with Gasteiger partial charge in [0.15, 0.2) is 17.1 Å². The average Bonchev–Trinajstić information content (AvgIpc) is 3.37. The van der Waals surface area contributed by atoms with Gasteiger partial charge in [-0.1, -0.05) is 18.2 Å². The van der Waals surface area contributed by atoms with Crippen LogP contribution in [0.15, 0.2) is 36.4 Å². The minimum absolute atomic E-state index is 0.250. The van der Waals surface area contributed by atoms with Crippen LogP contribution in [0.5, 0.6) is 23.0 Å². The Balaban J connectivity index is 0.000000302. The SMILES string of the molecule is CCOc1cc2c(cc1CN1CCC(O)(c3ccccc3OC)CC1)OCO2.O=C(O)CC(O)(CC(=O)O)C(=O)O. The quantitative estimate of drug-likeness (QED) is 0.261. The van der Waals surface area contributed by atoms with Gasteiger partial charge in [0.2, 0.25) is 6.79 Å². The maximum Gasteiger partial charge on any atom is 0.336 e. The summed E-state index contributed by atoms with van der Waals surface area (Å²) in [4.78, 5) is 32.8. The largest absolute Gasteiger partial charge is 0.496 e. The van der Waals surface area contributed by atoms with E-state index in [0.29, 0.717) is 19.4 Å². The first-order valence-corrected chi connectivity index (χ1v) is 12.9. The van der Waals surface area contributed by atoms with Crippen molar-refractivity contribution in [2.75, 3.05) is 33.6 Å². The Morgan fingerprint density at radius 2 is 1.56 bits per heavy atom. The average molecular weight is 578 g/mol. The Morgan fingerprint density at radius 1 is 0.976 bits per heavy atom. The molecule has 0 unspecified atom stereocenters. The van der Waals surface area contributed by atoms with E-state index in [0.717, 1.165) is 53.8 Å². The van der Waals surface area contributed by atoms with Gasteiger partial charge in [0.05, 0.1) is 32.2 Å². The van der Waals surface area contributed by atoms with Crippen LogP contribution in [0, 0.1) is 0 Å². The first-order chi connectivity index (χ1) is 19.4. The third-order valence-electron chi connectivity index (χ3n) is 6.83. The number of aliphatic hydroxyl groups is 2. The summed E-state index contributed by atoms with van der Waals surface area (Å²) in [6, 6.07) is 11.7. The van der Waals surface area contributed by atoms with Crippen molar-refractivity contribution in [3.63, 3.8) is 0 Å². The predicted molar refractivity (Wildman–Crippen MR) is 142 cm³/mol. The molecule has 0 radical (unpaired) electrons. The smallest absolute Gasteiger partial charge is 0.336 e. The second kappa shape index (κ2) is 13.5. The van der Waals surface area contributed by atoms with Crippen LogP contribution in [0.3, 0.4) is 0 Å². The number of rotatable bonds is 11. The minimum Gasteiger partial charge on any atom is -0.496 e. The summed E-state index contributed by atoms with van der Waals surface area (Å²) in [6.45, 7) is 5.14. The third-order valence-corrected chi connectivity index (χ3v) is 6.83. The molecule has 0 saturated carbocycles. The fraction of sp³-hybridized carbons (Fsp3) is 0.464. The lowest BCUT2D eigenvalue weighted by Gasteiger charge is -2.39. The molecule has 1 fully saturated rings. The van der Waals surface area contributed by atoms with Crippen molar-refractivity contribution >= 4 is 17.9 Å². The van der Waals surface area contributed by atoms with Gasteiger partial charge in [-0.25, -0.2) is 4.79 Å². The van der Waals surface area contributed by atoms with Crippen LogP contribution in [-0.4, -0.2) is 87.5 Å². The normalized spacial score (nSPS) is 15.8. The number of piperidine rings is 1. The maximum atomic E-state index is 11.2. The zero-order chi connectivity index (χ0) is 30.2. The van der Waals surface area contributed by atoms with E-state index in [4.69, 9.17) is 39.4 Å². The van der Waals surface area contributed by atoms with E-state index in [1.54, 1.807) is 7.11 Å². The number of carboxylic acid groups (broad SMARTS) is 3. The van der Waals surface area contributed by atoms with Crippen molar-refractivity contribution < 1.29 is 58.9 Å². The van der Waals surface area contributed by atoms with Gasteiger partial charge in [-0.15, -0.1) is 0 Å². The number of methoxy groups -OCH3 is 1. The Hall–Kier alpha value is -4.07. The van der Waals surface area contributed by atoms with Gasteiger partial charge in [0.1, 0.15) is 11.5 Å². The molecule has 224 valence electrons. The number of carbonyl (C=O) groups is 3. The highest BCUT2D eigenvalue weighted by Gasteiger charge is 2.41. The van der Waals surface area contributed by atoms with Crippen LogP contribution >= 0.6 is 0 Å². The topological polar surface area (TPSA) is 193 Å². The van der Waals surface area contributed by atoms with Crippen molar-refractivity contribution in [1.29, 1.82) is 0 Å². The van der Waals surface area contributed by atoms with E-state index in [-0.39, 0.29) is 6.79 Å². The number of carboxylic acids is 3. The lowest BCUT2D eigenvalue weighted by Crippen LogP contribution is -2.42. The molecule has 0 spiro atoms. The molecule has 0 aromatic heterocycles. The monoisotopic (exact) mass is 577 g/mol. The molecule has 0 aliphatic carbocycles. The number of aliphatic carboxylic acids is 3. The van der Waals surface area contributed by atoms with E-state index in [2.05, 4.69) is 4.90 Å². The summed E-state index contributed by atoms with van der Waals surface area (Å²) < 4.78 is 22.3. The first-order valence-electron chi connectivity index (χ1n) is 12.9. The summed E-state index contributed by atoms with van der Waals surface area (Å²) >= 11 is 0. The van der Waals surface area contributed by atoms with Crippen LogP contribution in [0.2, 0.25) is 0 Å². The van der Waals surface area contributed by atoms with Gasteiger partial charge in [-0.05, 0) is 31.9 Å². The lowest BCUT2D eigenvalue weighted by atomic mass is 9.83. The van der Waals surface area contributed by atoms with Gasteiger partial charge in [-0.3, -0.25) is 14.5 Å². The number of likely N-dealkylation sites (tertiary alicyclic amines) is 1. The molecule has 2 aromatic carbocycles. The predicted octanol–water partition coefficient (Wildman–Crippen LogP) is 2.06. The molecule has 5 N–H and O–H groups in total. The van der Waals surface area contributed by atoms with Crippen LogP contribution in [-0.2, 0) is 26.5 Å². The summed E-state index contributed by atoms with van der Waals surface area (Å²) in [6.07, 6.45) is -0.979. The van der Waals surface area contributed by atoms with E-state index in [1.807, 2.05) is 43.3 Å². The standard InChI is InChI=1S/C22H27NO5.C6H8O7/c1-3-26-19-13-21-20(27-15-28-21)12-16(19)14-23-10-8-22(24,9-11-23)17-6-4-5-7-18(17)25-2;7-3(8)1-6(13,5(11)12)2-4(9)10/h4-7,12-13,24H,3,8-11,14-15H2,1-2H3;13H,1-2H2,(H,7,8)(H,9,10)(H,11,12). The molecule has 41 heavy (non-hydrogen) atoms. The Bertz CT molecular complexity index is 1220. The van der Waals surface area contributed by atoms with Gasteiger partial charge >= 0.3 is 17.9 Å². The highest BCUT2D eigenvalue weighted by Crippen LogP contribution is 2.41. The van der Waals surface area contributed by atoms with E-state index in [1.165, 1.54) is 0 Å². The van der Waals surface area contributed by atoms with E-state index < -0.39 is 42.0 Å². The van der Waals surface area contributed by atoms with Gasteiger partial charge < -0.3 is 44.5 Å². The molecule has 13 nitrogen and oxygen atoms in total. The molecule has 0 bridgehead atoms. The highest BCUT2D eigenvalue weighted by molar-refractivity contribution is 5.88. The number of hydrogen-bond acceptors (Lipinski definition) is 10. The first kappa shape index (κ1) is 31.5. The number of ether oxygens (including phenoxy) is 4. The Morgan fingerprint density at radius 3 is 2.10 bits per heavy atom. The third kappa shape index (κ3) is 7.99. The molecule has 2 heterocycles. The van der Waals surface area contributed by atoms with Crippen molar-refractivity contribution in [2.24, 2.45) is 0 Å². The zero-order valence-electron chi connectivity index (χ0n) is 22.9. The molecule has 0 atom stereocenters. The van der Waals surface area contributed by atoms with Crippen molar-refractivity contribution in [3.8, 4) is 23.0 Å². The van der Waals surface area contributed by atoms with E-state index in [9.17, 15) is 19.5 Å². The molecule has 0 amide bonds. The molecular formula is C28H35NO12. The van der Waals surface area contributed by atoms with Crippen LogP contribution in [0.25, 0.3) is 0 Å². The van der Waals surface area contributed by atoms with E-state index >= 15 is 0 Å². The van der Waals surface area contributed by atoms with Crippen molar-refractivity contribution in [3.05, 3.63) is 47.5 Å². The fourth-order valence-corrected chi connectivity index (χ4v) is 4.71. The summed E-state index contributed by atoms with van der Waals surface area (Å²) in [7, 11) is 1.65. The van der Waals surface area contributed by atoms with Gasteiger partial charge in [-0.2, -0.15) is 0 Å². The number of benzene rings is 2. The molecular weight excluding hydrogens is 542 g/mol. The maximum absolute atomic E-state index is 11.2. The number of nitrogens with zero attached hydrogens (tertiary/aromatic N) is 1. The minimum atomic E-state index is -2.74. The number of hydrogen-bond donors (Lipinski definition) is 5.